The van der Waals surface area contributed by atoms with Gasteiger partial charge in [-0.05, 0) is 29.8 Å². The standard InChI is InChI=1S/C17H19NO3/c1-3-10-21-15-7-4-13(5-8-15)12-18-14-6-9-17(20-2)16(19)11-14/h3-9,11,18-19H,1,10,12H2,2H3. The number of hydrogen-bond donors (Lipinski definition) is 2. The van der Waals surface area contributed by atoms with Crippen LogP contribution >= 0.6 is 0 Å². The first-order valence-electron chi connectivity index (χ1n) is 6.66. The molecule has 0 aromatic heterocycles. The molecular formula is C17H19NO3. The lowest BCUT2D eigenvalue weighted by Crippen LogP contribution is -2.00. The Balaban J connectivity index is 1.93. The van der Waals surface area contributed by atoms with E-state index in [0.29, 0.717) is 18.9 Å². The largest absolute Gasteiger partial charge is 0.504 e. The lowest BCUT2D eigenvalue weighted by Gasteiger charge is -2.10. The van der Waals surface area contributed by atoms with Gasteiger partial charge in [0, 0.05) is 18.3 Å². The van der Waals surface area contributed by atoms with E-state index in [1.165, 1.54) is 7.11 Å². The van der Waals surface area contributed by atoms with Gasteiger partial charge in [0.1, 0.15) is 12.4 Å². The maximum absolute atomic E-state index is 9.72. The lowest BCUT2D eigenvalue weighted by molar-refractivity contribution is 0.363. The van der Waals surface area contributed by atoms with Crippen LogP contribution in [0.1, 0.15) is 5.56 Å². The van der Waals surface area contributed by atoms with Crippen LogP contribution in [0.5, 0.6) is 17.2 Å². The van der Waals surface area contributed by atoms with Crippen molar-refractivity contribution in [3.8, 4) is 17.2 Å². The van der Waals surface area contributed by atoms with Crippen molar-refractivity contribution in [3.05, 3.63) is 60.7 Å². The van der Waals surface area contributed by atoms with E-state index in [4.69, 9.17) is 9.47 Å². The Labute approximate surface area is 124 Å². The third-order valence-corrected chi connectivity index (χ3v) is 2.97. The van der Waals surface area contributed by atoms with Gasteiger partial charge in [-0.2, -0.15) is 0 Å². The van der Waals surface area contributed by atoms with Gasteiger partial charge in [0.15, 0.2) is 11.5 Å². The Morgan fingerprint density at radius 1 is 1.19 bits per heavy atom. The summed E-state index contributed by atoms with van der Waals surface area (Å²) >= 11 is 0. The molecule has 2 aromatic rings. The Morgan fingerprint density at radius 3 is 2.57 bits per heavy atom. The molecule has 2 aromatic carbocycles. The van der Waals surface area contributed by atoms with Gasteiger partial charge in [-0.25, -0.2) is 0 Å². The molecule has 0 spiro atoms. The van der Waals surface area contributed by atoms with E-state index in [-0.39, 0.29) is 5.75 Å². The Hall–Kier alpha value is -2.62. The molecule has 0 saturated heterocycles. The number of hydrogen-bond acceptors (Lipinski definition) is 4. The molecule has 0 unspecified atom stereocenters. The van der Waals surface area contributed by atoms with Crippen molar-refractivity contribution in [2.24, 2.45) is 0 Å². The summed E-state index contributed by atoms with van der Waals surface area (Å²) in [6, 6.07) is 13.1. The van der Waals surface area contributed by atoms with Crippen LogP contribution in [-0.4, -0.2) is 18.8 Å². The number of nitrogens with one attached hydrogen (secondary N) is 1. The van der Waals surface area contributed by atoms with Gasteiger partial charge in [-0.1, -0.05) is 24.8 Å². The van der Waals surface area contributed by atoms with Crippen molar-refractivity contribution < 1.29 is 14.6 Å². The summed E-state index contributed by atoms with van der Waals surface area (Å²) in [6.07, 6.45) is 1.71. The van der Waals surface area contributed by atoms with E-state index >= 15 is 0 Å². The molecule has 0 aliphatic carbocycles. The monoisotopic (exact) mass is 285 g/mol. The molecule has 0 saturated carbocycles. The second kappa shape index (κ2) is 7.24. The predicted molar refractivity (Wildman–Crippen MR) is 84.1 cm³/mol. The van der Waals surface area contributed by atoms with E-state index in [0.717, 1.165) is 17.0 Å². The normalized spacial score (nSPS) is 9.95. The van der Waals surface area contributed by atoms with Crippen LogP contribution < -0.4 is 14.8 Å². The second-order valence-electron chi connectivity index (χ2n) is 4.48. The highest BCUT2D eigenvalue weighted by molar-refractivity contribution is 5.54. The Morgan fingerprint density at radius 2 is 1.95 bits per heavy atom. The first-order valence-corrected chi connectivity index (χ1v) is 6.66. The van der Waals surface area contributed by atoms with Gasteiger partial charge < -0.3 is 19.9 Å². The summed E-state index contributed by atoms with van der Waals surface area (Å²) in [5, 5.41) is 13.0. The van der Waals surface area contributed by atoms with Gasteiger partial charge in [0.2, 0.25) is 0 Å². The molecule has 4 heteroatoms. The van der Waals surface area contributed by atoms with Crippen LogP contribution in [0.2, 0.25) is 0 Å². The Bertz CT molecular complexity index is 593. The van der Waals surface area contributed by atoms with Gasteiger partial charge in [0.25, 0.3) is 0 Å². The molecule has 0 fully saturated rings. The molecule has 4 nitrogen and oxygen atoms in total. The second-order valence-corrected chi connectivity index (χ2v) is 4.48. The van der Waals surface area contributed by atoms with Crippen molar-refractivity contribution in [1.82, 2.24) is 0 Å². The average Bonchev–Trinajstić information content (AvgIpc) is 2.52. The summed E-state index contributed by atoms with van der Waals surface area (Å²) < 4.78 is 10.4. The van der Waals surface area contributed by atoms with Crippen LogP contribution in [0.25, 0.3) is 0 Å². The molecule has 0 heterocycles. The van der Waals surface area contributed by atoms with Crippen LogP contribution in [0.3, 0.4) is 0 Å². The fourth-order valence-corrected chi connectivity index (χ4v) is 1.86. The number of ether oxygens (including phenoxy) is 2. The maximum Gasteiger partial charge on any atom is 0.160 e. The van der Waals surface area contributed by atoms with Gasteiger partial charge >= 0.3 is 0 Å². The van der Waals surface area contributed by atoms with E-state index in [9.17, 15) is 5.11 Å². The predicted octanol–water partition coefficient (Wildman–Crippen LogP) is 3.58. The van der Waals surface area contributed by atoms with Crippen molar-refractivity contribution in [3.63, 3.8) is 0 Å². The van der Waals surface area contributed by atoms with Crippen LogP contribution in [0, 0.1) is 0 Å². The van der Waals surface area contributed by atoms with Gasteiger partial charge in [-0.15, -0.1) is 0 Å². The highest BCUT2D eigenvalue weighted by Gasteiger charge is 2.02. The zero-order chi connectivity index (χ0) is 15.1. The number of rotatable bonds is 7. The molecule has 0 aliphatic rings. The topological polar surface area (TPSA) is 50.7 Å². The summed E-state index contributed by atoms with van der Waals surface area (Å²) in [6.45, 7) is 4.77. The minimum atomic E-state index is 0.121. The molecule has 21 heavy (non-hydrogen) atoms. The molecule has 2 rings (SSSR count). The average molecular weight is 285 g/mol. The third-order valence-electron chi connectivity index (χ3n) is 2.97. The van der Waals surface area contributed by atoms with E-state index in [1.54, 1.807) is 18.2 Å². The summed E-state index contributed by atoms with van der Waals surface area (Å²) in [5.74, 6) is 1.40. The van der Waals surface area contributed by atoms with Crippen LogP contribution in [-0.2, 0) is 6.54 Å². The van der Waals surface area contributed by atoms with Crippen LogP contribution in [0.4, 0.5) is 5.69 Å². The Kier molecular flexibility index (Phi) is 5.10. The molecular weight excluding hydrogens is 266 g/mol. The fraction of sp³-hybridized carbons (Fsp3) is 0.176. The lowest BCUT2D eigenvalue weighted by atomic mass is 10.2. The summed E-state index contributed by atoms with van der Waals surface area (Å²) in [5.41, 5.74) is 1.96. The molecule has 0 bridgehead atoms. The number of aromatic hydroxyl groups is 1. The highest BCUT2D eigenvalue weighted by Crippen LogP contribution is 2.28. The number of phenols is 1. The molecule has 2 N–H and O–H groups in total. The molecule has 0 radical (unpaired) electrons. The van der Waals surface area contributed by atoms with Gasteiger partial charge in [-0.3, -0.25) is 0 Å². The number of anilines is 1. The van der Waals surface area contributed by atoms with Gasteiger partial charge in [0.05, 0.1) is 7.11 Å². The number of methoxy groups -OCH3 is 1. The van der Waals surface area contributed by atoms with E-state index in [1.807, 2.05) is 30.3 Å². The van der Waals surface area contributed by atoms with Crippen molar-refractivity contribution in [1.29, 1.82) is 0 Å². The first kappa shape index (κ1) is 14.8. The molecule has 110 valence electrons. The minimum absolute atomic E-state index is 0.121. The summed E-state index contributed by atoms with van der Waals surface area (Å²) in [4.78, 5) is 0. The molecule has 0 aliphatic heterocycles. The highest BCUT2D eigenvalue weighted by atomic mass is 16.5. The SMILES string of the molecule is C=CCOc1ccc(CNc2ccc(OC)c(O)c2)cc1. The first-order chi connectivity index (χ1) is 10.2. The van der Waals surface area contributed by atoms with Crippen molar-refractivity contribution in [2.45, 2.75) is 6.54 Å². The van der Waals surface area contributed by atoms with E-state index < -0.39 is 0 Å². The summed E-state index contributed by atoms with van der Waals surface area (Å²) in [7, 11) is 1.53. The molecule has 0 atom stereocenters. The quantitative estimate of drug-likeness (QED) is 0.763. The zero-order valence-electron chi connectivity index (χ0n) is 12.0. The number of benzene rings is 2. The van der Waals surface area contributed by atoms with Crippen molar-refractivity contribution >= 4 is 5.69 Å². The van der Waals surface area contributed by atoms with Crippen molar-refractivity contribution in [2.75, 3.05) is 19.0 Å². The minimum Gasteiger partial charge on any atom is -0.504 e. The maximum atomic E-state index is 9.72. The molecule has 0 amide bonds. The fourth-order valence-electron chi connectivity index (χ4n) is 1.86. The zero-order valence-corrected chi connectivity index (χ0v) is 12.0. The number of phenolic OH excluding ortho intramolecular Hbond substituents is 1. The van der Waals surface area contributed by atoms with Crippen LogP contribution in [0.15, 0.2) is 55.1 Å². The third kappa shape index (κ3) is 4.18. The smallest absolute Gasteiger partial charge is 0.160 e. The van der Waals surface area contributed by atoms with E-state index in [2.05, 4.69) is 11.9 Å².